The minimum Gasteiger partial charge on any atom is -0.392 e. The van der Waals surface area contributed by atoms with Gasteiger partial charge in [0.15, 0.2) is 0 Å². The first kappa shape index (κ1) is 17.4. The van der Waals surface area contributed by atoms with Gasteiger partial charge >= 0.3 is 0 Å². The second-order valence-electron chi connectivity index (χ2n) is 6.27. The number of piperazine rings is 1. The number of carbonyl (C=O) groups excluding carboxylic acids is 1. The number of rotatable bonds is 6. The van der Waals surface area contributed by atoms with Crippen molar-refractivity contribution in [2.45, 2.75) is 13.0 Å². The van der Waals surface area contributed by atoms with Crippen LogP contribution in [-0.4, -0.2) is 53.6 Å². The lowest BCUT2D eigenvalue weighted by Crippen LogP contribution is -2.47. The van der Waals surface area contributed by atoms with Crippen LogP contribution in [0.3, 0.4) is 0 Å². The van der Waals surface area contributed by atoms with Crippen LogP contribution in [0.2, 0.25) is 0 Å². The van der Waals surface area contributed by atoms with Crippen LogP contribution in [0, 0.1) is 0 Å². The van der Waals surface area contributed by atoms with E-state index in [-0.39, 0.29) is 12.5 Å². The molecule has 1 aromatic heterocycles. The summed E-state index contributed by atoms with van der Waals surface area (Å²) in [7, 11) is 0. The molecule has 0 bridgehead atoms. The molecule has 1 amide bonds. The molecule has 2 aromatic rings. The van der Waals surface area contributed by atoms with E-state index in [1.807, 2.05) is 36.5 Å². The third-order valence-electron chi connectivity index (χ3n) is 4.58. The highest BCUT2D eigenvalue weighted by Gasteiger charge is 2.20. The van der Waals surface area contributed by atoms with Gasteiger partial charge in [-0.15, -0.1) is 0 Å². The topological polar surface area (TPSA) is 82.7 Å². The van der Waals surface area contributed by atoms with Gasteiger partial charge in [-0.3, -0.25) is 14.7 Å². The number of aromatic nitrogens is 1. The standard InChI is InChI=1S/C19H24N4O2/c20-18(25)7-9-22-10-12-23(13-11-22)17-2-1-8-21-19(17)16-5-3-15(14-24)4-6-16/h1-6,8,24H,7,9-14H2,(H2,20,25). The van der Waals surface area contributed by atoms with E-state index < -0.39 is 0 Å². The summed E-state index contributed by atoms with van der Waals surface area (Å²) in [4.78, 5) is 20.1. The van der Waals surface area contributed by atoms with Crippen LogP contribution in [0.5, 0.6) is 0 Å². The second kappa shape index (κ2) is 8.09. The molecular formula is C19H24N4O2. The number of amides is 1. The van der Waals surface area contributed by atoms with Gasteiger partial charge in [0.05, 0.1) is 18.0 Å². The molecule has 3 rings (SSSR count). The lowest BCUT2D eigenvalue weighted by Gasteiger charge is -2.36. The molecule has 0 spiro atoms. The Balaban J connectivity index is 1.72. The molecule has 132 valence electrons. The van der Waals surface area contributed by atoms with Crippen molar-refractivity contribution in [1.29, 1.82) is 0 Å². The molecule has 1 saturated heterocycles. The molecule has 3 N–H and O–H groups in total. The molecule has 0 saturated carbocycles. The number of nitrogens with two attached hydrogens (primary N) is 1. The highest BCUT2D eigenvalue weighted by Crippen LogP contribution is 2.29. The average molecular weight is 340 g/mol. The van der Waals surface area contributed by atoms with Gasteiger partial charge < -0.3 is 15.7 Å². The summed E-state index contributed by atoms with van der Waals surface area (Å²) in [5.41, 5.74) is 9.25. The van der Waals surface area contributed by atoms with Crippen molar-refractivity contribution in [3.05, 3.63) is 48.2 Å². The van der Waals surface area contributed by atoms with E-state index in [1.165, 1.54) is 0 Å². The number of carbonyl (C=O) groups is 1. The number of hydrogen-bond acceptors (Lipinski definition) is 5. The highest BCUT2D eigenvalue weighted by atomic mass is 16.3. The molecule has 0 unspecified atom stereocenters. The van der Waals surface area contributed by atoms with Crippen molar-refractivity contribution >= 4 is 11.6 Å². The lowest BCUT2D eigenvalue weighted by molar-refractivity contribution is -0.118. The molecular weight excluding hydrogens is 316 g/mol. The van der Waals surface area contributed by atoms with Crippen LogP contribution >= 0.6 is 0 Å². The monoisotopic (exact) mass is 340 g/mol. The lowest BCUT2D eigenvalue weighted by atomic mass is 10.1. The van der Waals surface area contributed by atoms with E-state index in [0.29, 0.717) is 6.42 Å². The zero-order chi connectivity index (χ0) is 17.6. The average Bonchev–Trinajstić information content (AvgIpc) is 2.67. The summed E-state index contributed by atoms with van der Waals surface area (Å²) in [6, 6.07) is 11.9. The molecule has 1 aliphatic heterocycles. The molecule has 6 heteroatoms. The van der Waals surface area contributed by atoms with Crippen molar-refractivity contribution in [2.24, 2.45) is 5.73 Å². The van der Waals surface area contributed by atoms with Gasteiger partial charge in [0.2, 0.25) is 5.91 Å². The molecule has 1 aromatic carbocycles. The number of nitrogens with zero attached hydrogens (tertiary/aromatic N) is 3. The third kappa shape index (κ3) is 4.35. The number of aliphatic hydroxyl groups excluding tert-OH is 1. The van der Waals surface area contributed by atoms with Crippen LogP contribution in [0.15, 0.2) is 42.6 Å². The van der Waals surface area contributed by atoms with E-state index in [1.54, 1.807) is 0 Å². The number of anilines is 1. The fraction of sp³-hybridized carbons (Fsp3) is 0.368. The summed E-state index contributed by atoms with van der Waals surface area (Å²) in [6.45, 7) is 4.38. The zero-order valence-corrected chi connectivity index (χ0v) is 14.3. The predicted molar refractivity (Wildman–Crippen MR) is 98.1 cm³/mol. The first-order valence-corrected chi connectivity index (χ1v) is 8.58. The zero-order valence-electron chi connectivity index (χ0n) is 14.3. The van der Waals surface area contributed by atoms with Crippen molar-refractivity contribution in [3.8, 4) is 11.3 Å². The quantitative estimate of drug-likeness (QED) is 0.827. The van der Waals surface area contributed by atoms with Crippen LogP contribution in [0.4, 0.5) is 5.69 Å². The largest absolute Gasteiger partial charge is 0.392 e. The van der Waals surface area contributed by atoms with Crippen molar-refractivity contribution in [3.63, 3.8) is 0 Å². The maximum absolute atomic E-state index is 10.9. The van der Waals surface area contributed by atoms with E-state index in [0.717, 1.165) is 55.2 Å². The number of pyridine rings is 1. The van der Waals surface area contributed by atoms with E-state index in [4.69, 9.17) is 5.73 Å². The first-order chi connectivity index (χ1) is 12.2. The number of benzene rings is 1. The Bertz CT molecular complexity index is 710. The van der Waals surface area contributed by atoms with Crippen molar-refractivity contribution < 1.29 is 9.90 Å². The van der Waals surface area contributed by atoms with E-state index in [9.17, 15) is 9.90 Å². The smallest absolute Gasteiger partial charge is 0.218 e. The van der Waals surface area contributed by atoms with Crippen LogP contribution < -0.4 is 10.6 Å². The Hall–Kier alpha value is -2.44. The Kier molecular flexibility index (Phi) is 5.63. The molecule has 1 aliphatic rings. The predicted octanol–water partition coefficient (Wildman–Crippen LogP) is 1.24. The molecule has 0 radical (unpaired) electrons. The van der Waals surface area contributed by atoms with Crippen LogP contribution in [0.1, 0.15) is 12.0 Å². The minimum absolute atomic E-state index is 0.0443. The first-order valence-electron chi connectivity index (χ1n) is 8.58. The van der Waals surface area contributed by atoms with Crippen LogP contribution in [-0.2, 0) is 11.4 Å². The van der Waals surface area contributed by atoms with Gasteiger partial charge in [-0.2, -0.15) is 0 Å². The molecule has 2 heterocycles. The Morgan fingerprint density at radius 3 is 2.48 bits per heavy atom. The third-order valence-corrected chi connectivity index (χ3v) is 4.58. The SMILES string of the molecule is NC(=O)CCN1CCN(c2cccnc2-c2ccc(CO)cc2)CC1. The summed E-state index contributed by atoms with van der Waals surface area (Å²) >= 11 is 0. The Labute approximate surface area is 147 Å². The second-order valence-corrected chi connectivity index (χ2v) is 6.27. The van der Waals surface area contributed by atoms with E-state index >= 15 is 0 Å². The molecule has 6 nitrogen and oxygen atoms in total. The minimum atomic E-state index is -0.247. The molecule has 0 aliphatic carbocycles. The van der Waals surface area contributed by atoms with Gasteiger partial charge in [-0.25, -0.2) is 0 Å². The van der Waals surface area contributed by atoms with Gasteiger partial charge in [0, 0.05) is 50.9 Å². The van der Waals surface area contributed by atoms with Gasteiger partial charge in [0.1, 0.15) is 0 Å². The summed E-state index contributed by atoms with van der Waals surface area (Å²) in [5, 5.41) is 9.20. The normalized spacial score (nSPS) is 15.3. The van der Waals surface area contributed by atoms with Crippen LogP contribution in [0.25, 0.3) is 11.3 Å². The van der Waals surface area contributed by atoms with Gasteiger partial charge in [-0.05, 0) is 17.7 Å². The van der Waals surface area contributed by atoms with Crippen molar-refractivity contribution in [2.75, 3.05) is 37.6 Å². The van der Waals surface area contributed by atoms with E-state index in [2.05, 4.69) is 20.9 Å². The van der Waals surface area contributed by atoms with Gasteiger partial charge in [0.25, 0.3) is 0 Å². The number of aliphatic hydroxyl groups is 1. The number of primary amides is 1. The molecule has 25 heavy (non-hydrogen) atoms. The summed E-state index contributed by atoms with van der Waals surface area (Å²) in [6.07, 6.45) is 2.22. The fourth-order valence-corrected chi connectivity index (χ4v) is 3.12. The number of hydrogen-bond donors (Lipinski definition) is 2. The molecule has 1 fully saturated rings. The van der Waals surface area contributed by atoms with Gasteiger partial charge in [-0.1, -0.05) is 24.3 Å². The maximum Gasteiger partial charge on any atom is 0.218 e. The Morgan fingerprint density at radius 1 is 1.12 bits per heavy atom. The molecule has 0 atom stereocenters. The summed E-state index contributed by atoms with van der Waals surface area (Å²) < 4.78 is 0. The Morgan fingerprint density at radius 2 is 1.84 bits per heavy atom. The van der Waals surface area contributed by atoms with Crippen molar-refractivity contribution in [1.82, 2.24) is 9.88 Å². The summed E-state index contributed by atoms with van der Waals surface area (Å²) in [5.74, 6) is -0.247. The maximum atomic E-state index is 10.9. The fourth-order valence-electron chi connectivity index (χ4n) is 3.12. The highest BCUT2D eigenvalue weighted by molar-refractivity contribution is 5.75.